The maximum Gasteiger partial charge on any atom is 0.308 e. The average Bonchev–Trinajstić information content (AvgIpc) is 2.75. The van der Waals surface area contributed by atoms with E-state index < -0.39 is 32.1 Å². The van der Waals surface area contributed by atoms with Gasteiger partial charge in [0.05, 0.1) is 17.4 Å². The molecule has 1 unspecified atom stereocenters. The first-order valence-corrected chi connectivity index (χ1v) is 12.1. The van der Waals surface area contributed by atoms with Gasteiger partial charge in [-0.3, -0.25) is 4.79 Å². The first-order chi connectivity index (χ1) is 14.6. The van der Waals surface area contributed by atoms with Crippen LogP contribution in [0.15, 0.2) is 47.4 Å². The molecule has 1 fully saturated rings. The number of halogens is 3. The summed E-state index contributed by atoms with van der Waals surface area (Å²) in [4.78, 5) is 12.2. The Kier molecular flexibility index (Phi) is 7.06. The Hall–Kier alpha value is -1.99. The Morgan fingerprint density at radius 2 is 1.77 bits per heavy atom. The number of hydrogen-bond acceptors (Lipinski definition) is 4. The number of carbonyl (C=O) groups is 1. The van der Waals surface area contributed by atoms with E-state index in [1.54, 1.807) is 13.8 Å². The number of esters is 1. The van der Waals surface area contributed by atoms with E-state index in [0.29, 0.717) is 17.9 Å². The fraction of sp³-hybridized carbons (Fsp3) is 0.435. The second-order valence-electron chi connectivity index (χ2n) is 7.95. The van der Waals surface area contributed by atoms with E-state index in [4.69, 9.17) is 16.3 Å². The zero-order valence-electron chi connectivity index (χ0n) is 17.4. The van der Waals surface area contributed by atoms with Gasteiger partial charge in [-0.2, -0.15) is 0 Å². The molecule has 0 N–H and O–H groups in total. The normalized spacial score (nSPS) is 22.7. The fourth-order valence-corrected chi connectivity index (χ4v) is 6.73. The molecular weight excluding hydrogens is 446 g/mol. The lowest BCUT2D eigenvalue weighted by Crippen LogP contribution is -2.42. The minimum Gasteiger partial charge on any atom is -0.466 e. The molecule has 0 saturated heterocycles. The monoisotopic (exact) mass is 470 g/mol. The van der Waals surface area contributed by atoms with Gasteiger partial charge in [0, 0.05) is 10.6 Å². The van der Waals surface area contributed by atoms with E-state index in [1.807, 2.05) is 0 Å². The van der Waals surface area contributed by atoms with E-state index in [9.17, 15) is 22.0 Å². The summed E-state index contributed by atoms with van der Waals surface area (Å²) >= 11 is 5.91. The van der Waals surface area contributed by atoms with Crippen LogP contribution in [0.2, 0.25) is 5.02 Å². The molecule has 0 amide bonds. The third-order valence-electron chi connectivity index (χ3n) is 6.26. The zero-order valence-corrected chi connectivity index (χ0v) is 19.0. The predicted molar refractivity (Wildman–Crippen MR) is 114 cm³/mol. The zero-order chi connectivity index (χ0) is 22.8. The lowest BCUT2D eigenvalue weighted by Gasteiger charge is -2.41. The molecule has 168 valence electrons. The summed E-state index contributed by atoms with van der Waals surface area (Å²) in [5.74, 6) is -2.32. The maximum atomic E-state index is 14.9. The lowest BCUT2D eigenvalue weighted by atomic mass is 9.73. The Morgan fingerprint density at radius 3 is 2.35 bits per heavy atom. The summed E-state index contributed by atoms with van der Waals surface area (Å²) < 4.78 is 59.9. The highest BCUT2D eigenvalue weighted by atomic mass is 35.5. The van der Waals surface area contributed by atoms with E-state index in [2.05, 4.69) is 0 Å². The van der Waals surface area contributed by atoms with Crippen molar-refractivity contribution in [2.45, 2.75) is 49.2 Å². The number of benzene rings is 2. The van der Waals surface area contributed by atoms with Gasteiger partial charge < -0.3 is 4.74 Å². The molecule has 1 saturated carbocycles. The van der Waals surface area contributed by atoms with Gasteiger partial charge in [-0.25, -0.2) is 17.2 Å². The molecule has 0 spiro atoms. The van der Waals surface area contributed by atoms with Gasteiger partial charge in [-0.15, -0.1) is 0 Å². The largest absolute Gasteiger partial charge is 0.466 e. The number of sulfone groups is 1. The number of carbonyl (C=O) groups excluding carboxylic acids is 1. The minimum absolute atomic E-state index is 0.00236. The molecule has 2 aromatic rings. The van der Waals surface area contributed by atoms with Crippen LogP contribution in [-0.4, -0.2) is 21.0 Å². The van der Waals surface area contributed by atoms with Crippen LogP contribution < -0.4 is 0 Å². The predicted octanol–water partition coefficient (Wildman–Crippen LogP) is 5.68. The van der Waals surface area contributed by atoms with E-state index >= 15 is 0 Å². The van der Waals surface area contributed by atoms with Crippen LogP contribution in [0, 0.1) is 23.5 Å². The molecule has 0 aromatic heterocycles. The summed E-state index contributed by atoms with van der Waals surface area (Å²) in [5, 5.41) is 0.372. The average molecular weight is 471 g/mol. The van der Waals surface area contributed by atoms with E-state index in [-0.39, 0.29) is 41.8 Å². The second kappa shape index (κ2) is 9.25. The maximum absolute atomic E-state index is 14.9. The summed E-state index contributed by atoms with van der Waals surface area (Å²) in [7, 11) is -4.09. The first kappa shape index (κ1) is 23.7. The van der Waals surface area contributed by atoms with Crippen LogP contribution in [0.25, 0.3) is 0 Å². The van der Waals surface area contributed by atoms with Crippen LogP contribution >= 0.6 is 11.6 Å². The SMILES string of the molecule is CCOC(=O)C(C)C1CCC(c2cc(F)ccc2F)(S(=O)(=O)c2ccc(Cl)cc2)CC1. The highest BCUT2D eigenvalue weighted by Crippen LogP contribution is 2.50. The lowest BCUT2D eigenvalue weighted by molar-refractivity contribution is -0.149. The van der Waals surface area contributed by atoms with Crippen LogP contribution in [-0.2, 0) is 24.1 Å². The minimum atomic E-state index is -4.09. The van der Waals surface area contributed by atoms with Crippen LogP contribution in [0.5, 0.6) is 0 Å². The Morgan fingerprint density at radius 1 is 1.16 bits per heavy atom. The molecule has 31 heavy (non-hydrogen) atoms. The van der Waals surface area contributed by atoms with Crippen molar-refractivity contribution in [2.24, 2.45) is 11.8 Å². The first-order valence-electron chi connectivity index (χ1n) is 10.2. The van der Waals surface area contributed by atoms with Crippen molar-refractivity contribution in [2.75, 3.05) is 6.61 Å². The Bertz CT molecular complexity index is 1050. The van der Waals surface area contributed by atoms with E-state index in [0.717, 1.165) is 18.2 Å². The molecule has 8 heteroatoms. The highest BCUT2D eigenvalue weighted by Gasteiger charge is 2.51. The van der Waals surface area contributed by atoms with Gasteiger partial charge in [-0.1, -0.05) is 18.5 Å². The van der Waals surface area contributed by atoms with Crippen LogP contribution in [0.1, 0.15) is 45.1 Å². The Labute approximate surface area is 186 Å². The van der Waals surface area contributed by atoms with Gasteiger partial charge in [-0.05, 0) is 81.0 Å². The second-order valence-corrected chi connectivity index (χ2v) is 10.7. The van der Waals surface area contributed by atoms with Crippen molar-refractivity contribution >= 4 is 27.4 Å². The van der Waals surface area contributed by atoms with Gasteiger partial charge in [0.2, 0.25) is 0 Å². The van der Waals surface area contributed by atoms with Crippen molar-refractivity contribution in [1.29, 1.82) is 0 Å². The quantitative estimate of drug-likeness (QED) is 0.510. The molecule has 0 aliphatic heterocycles. The molecule has 0 bridgehead atoms. The summed E-state index contributed by atoms with van der Waals surface area (Å²) in [6.45, 7) is 3.74. The molecule has 3 rings (SSSR count). The molecule has 2 aromatic carbocycles. The summed E-state index contributed by atoms with van der Waals surface area (Å²) in [5.41, 5.74) is -0.176. The third kappa shape index (κ3) is 4.48. The van der Waals surface area contributed by atoms with E-state index in [1.165, 1.54) is 24.3 Å². The van der Waals surface area contributed by atoms with Gasteiger partial charge in [0.1, 0.15) is 16.4 Å². The highest BCUT2D eigenvalue weighted by molar-refractivity contribution is 7.92. The van der Waals surface area contributed by atoms with Crippen LogP contribution in [0.3, 0.4) is 0 Å². The van der Waals surface area contributed by atoms with Gasteiger partial charge in [0.15, 0.2) is 9.84 Å². The number of ether oxygens (including phenoxy) is 1. The Balaban J connectivity index is 2.05. The summed E-state index contributed by atoms with van der Waals surface area (Å²) in [6.07, 6.45) is 0.852. The smallest absolute Gasteiger partial charge is 0.308 e. The summed E-state index contributed by atoms with van der Waals surface area (Å²) in [6, 6.07) is 8.57. The van der Waals surface area contributed by atoms with Crippen LogP contribution in [0.4, 0.5) is 8.78 Å². The van der Waals surface area contributed by atoms with Gasteiger partial charge >= 0.3 is 5.97 Å². The fourth-order valence-electron chi connectivity index (χ4n) is 4.44. The molecule has 1 atom stereocenters. The molecule has 0 radical (unpaired) electrons. The molecule has 4 nitrogen and oxygen atoms in total. The van der Waals surface area contributed by atoms with Crippen molar-refractivity contribution in [3.63, 3.8) is 0 Å². The van der Waals surface area contributed by atoms with Crippen molar-refractivity contribution in [3.8, 4) is 0 Å². The number of rotatable bonds is 6. The standard InChI is InChI=1S/C23H25ClF2O4S/c1-3-30-22(27)15(2)16-10-12-23(13-11-16,20-14-18(25)6-9-21(20)26)31(28,29)19-7-4-17(24)5-8-19/h4-9,14-16H,3,10-13H2,1-2H3. The topological polar surface area (TPSA) is 60.4 Å². The molecular formula is C23H25ClF2O4S. The molecule has 1 aliphatic carbocycles. The third-order valence-corrected chi connectivity index (χ3v) is 9.06. The van der Waals surface area contributed by atoms with Gasteiger partial charge in [0.25, 0.3) is 0 Å². The van der Waals surface area contributed by atoms with Crippen molar-refractivity contribution in [3.05, 3.63) is 64.7 Å². The van der Waals surface area contributed by atoms with Crippen molar-refractivity contribution < 1.29 is 26.7 Å². The number of hydrogen-bond donors (Lipinski definition) is 0. The molecule has 0 heterocycles. The molecule has 1 aliphatic rings. The van der Waals surface area contributed by atoms with Crippen molar-refractivity contribution in [1.82, 2.24) is 0 Å².